The molecule has 0 saturated carbocycles. The Hall–Kier alpha value is -1.98. The van der Waals surface area contributed by atoms with Crippen LogP contribution in [0.5, 0.6) is 0 Å². The highest BCUT2D eigenvalue weighted by molar-refractivity contribution is 5.95. The minimum atomic E-state index is -0.330. The van der Waals surface area contributed by atoms with Crippen LogP contribution in [0.2, 0.25) is 0 Å². The first kappa shape index (κ1) is 10.5. The maximum atomic E-state index is 11.3. The number of rotatable bonds is 2. The summed E-state index contributed by atoms with van der Waals surface area (Å²) >= 11 is 0. The van der Waals surface area contributed by atoms with E-state index in [1.54, 1.807) is 18.3 Å². The number of aromatic nitrogens is 1. The van der Waals surface area contributed by atoms with E-state index in [1.807, 2.05) is 18.2 Å². The minimum absolute atomic E-state index is 0.110. The summed E-state index contributed by atoms with van der Waals surface area (Å²) in [6.45, 7) is -0.110. The third kappa shape index (κ3) is 1.86. The van der Waals surface area contributed by atoms with E-state index in [4.69, 9.17) is 11.6 Å². The molecule has 5 heteroatoms. The zero-order valence-corrected chi connectivity index (χ0v) is 8.63. The highest BCUT2D eigenvalue weighted by atomic mass is 16.2. The van der Waals surface area contributed by atoms with E-state index >= 15 is 0 Å². The molecule has 5 nitrogen and oxygen atoms in total. The Morgan fingerprint density at radius 2 is 2.19 bits per heavy atom. The molecule has 4 N–H and O–H groups in total. The number of hydrogen-bond acceptors (Lipinski definition) is 4. The van der Waals surface area contributed by atoms with Gasteiger partial charge in [0.05, 0.1) is 17.7 Å². The van der Waals surface area contributed by atoms with Gasteiger partial charge in [-0.05, 0) is 24.3 Å². The lowest BCUT2D eigenvalue weighted by Crippen LogP contribution is -2.41. The van der Waals surface area contributed by atoms with Crippen LogP contribution < -0.4 is 16.6 Å². The first-order valence-corrected chi connectivity index (χ1v) is 4.85. The molecule has 1 heterocycles. The van der Waals surface area contributed by atoms with Gasteiger partial charge in [0.2, 0.25) is 0 Å². The molecular formula is C11H12N4O. The first-order chi connectivity index (χ1) is 7.72. The Balaban J connectivity index is 2.43. The lowest BCUT2D eigenvalue weighted by molar-refractivity contribution is -0.117. The van der Waals surface area contributed by atoms with E-state index < -0.39 is 0 Å². The molecule has 0 unspecified atom stereocenters. The van der Waals surface area contributed by atoms with Crippen molar-refractivity contribution in [1.82, 2.24) is 4.98 Å². The fourth-order valence-corrected chi connectivity index (χ4v) is 1.46. The molecule has 0 aliphatic heterocycles. The van der Waals surface area contributed by atoms with Crippen LogP contribution in [0.3, 0.4) is 0 Å². The third-order valence-electron chi connectivity index (χ3n) is 2.31. The van der Waals surface area contributed by atoms with Gasteiger partial charge >= 0.3 is 0 Å². The van der Waals surface area contributed by atoms with E-state index in [0.717, 1.165) is 15.9 Å². The first-order valence-electron chi connectivity index (χ1n) is 4.85. The zero-order valence-electron chi connectivity index (χ0n) is 8.63. The average molecular weight is 216 g/mol. The van der Waals surface area contributed by atoms with Gasteiger partial charge in [-0.2, -0.15) is 0 Å². The topological polar surface area (TPSA) is 85.2 Å². The average Bonchev–Trinajstić information content (AvgIpc) is 2.36. The molecule has 82 valence electrons. The molecule has 0 aliphatic carbocycles. The Morgan fingerprint density at radius 1 is 1.38 bits per heavy atom. The summed E-state index contributed by atoms with van der Waals surface area (Å²) < 4.78 is 0. The second-order valence-corrected chi connectivity index (χ2v) is 3.35. The Labute approximate surface area is 92.6 Å². The lowest BCUT2D eigenvalue weighted by atomic mass is 10.2. The van der Waals surface area contributed by atoms with Gasteiger partial charge in [-0.15, -0.1) is 0 Å². The number of carbonyl (C=O) groups is 1. The SMILES string of the molecule is NCC(=O)N(N)c1ccc2ncccc2c1. The van der Waals surface area contributed by atoms with Crippen molar-refractivity contribution in [3.8, 4) is 0 Å². The van der Waals surface area contributed by atoms with Crippen LogP contribution >= 0.6 is 0 Å². The van der Waals surface area contributed by atoms with Crippen molar-refractivity contribution in [2.45, 2.75) is 0 Å². The van der Waals surface area contributed by atoms with E-state index in [9.17, 15) is 4.79 Å². The molecule has 0 spiro atoms. The number of hydrogen-bond donors (Lipinski definition) is 2. The Kier molecular flexibility index (Phi) is 2.80. The van der Waals surface area contributed by atoms with Gasteiger partial charge in [-0.3, -0.25) is 9.78 Å². The molecule has 2 rings (SSSR count). The molecule has 16 heavy (non-hydrogen) atoms. The van der Waals surface area contributed by atoms with Gasteiger partial charge in [-0.25, -0.2) is 10.9 Å². The van der Waals surface area contributed by atoms with Crippen LogP contribution in [0.1, 0.15) is 0 Å². The maximum Gasteiger partial charge on any atom is 0.254 e. The van der Waals surface area contributed by atoms with Gasteiger partial charge in [-0.1, -0.05) is 6.07 Å². The summed E-state index contributed by atoms with van der Waals surface area (Å²) in [6, 6.07) is 9.09. The van der Waals surface area contributed by atoms with E-state index in [-0.39, 0.29) is 12.5 Å². The van der Waals surface area contributed by atoms with E-state index in [2.05, 4.69) is 4.98 Å². The van der Waals surface area contributed by atoms with Crippen LogP contribution in [0, 0.1) is 0 Å². The van der Waals surface area contributed by atoms with Gasteiger partial charge in [0.15, 0.2) is 0 Å². The molecule has 2 aromatic rings. The van der Waals surface area contributed by atoms with Gasteiger partial charge < -0.3 is 5.73 Å². The summed E-state index contributed by atoms with van der Waals surface area (Å²) in [5.41, 5.74) is 6.71. The summed E-state index contributed by atoms with van der Waals surface area (Å²) in [7, 11) is 0. The minimum Gasteiger partial charge on any atom is -0.322 e. The zero-order chi connectivity index (χ0) is 11.5. The van der Waals surface area contributed by atoms with Gasteiger partial charge in [0.1, 0.15) is 0 Å². The molecule has 1 aromatic carbocycles. The summed E-state index contributed by atoms with van der Waals surface area (Å²) in [4.78, 5) is 15.5. The summed E-state index contributed by atoms with van der Waals surface area (Å²) in [5, 5.41) is 1.98. The fourth-order valence-electron chi connectivity index (χ4n) is 1.46. The number of hydrazine groups is 1. The van der Waals surface area contributed by atoms with Crippen molar-refractivity contribution in [3.63, 3.8) is 0 Å². The summed E-state index contributed by atoms with van der Waals surface area (Å²) in [6.07, 6.45) is 1.72. The number of pyridine rings is 1. The van der Waals surface area contributed by atoms with E-state index in [1.165, 1.54) is 0 Å². The quantitative estimate of drug-likeness (QED) is 0.432. The molecule has 0 aliphatic rings. The van der Waals surface area contributed by atoms with Crippen LogP contribution in [0.4, 0.5) is 5.69 Å². The Bertz CT molecular complexity index is 526. The molecule has 0 atom stereocenters. The second-order valence-electron chi connectivity index (χ2n) is 3.35. The van der Waals surface area contributed by atoms with Crippen LogP contribution in [0.25, 0.3) is 10.9 Å². The fraction of sp³-hybridized carbons (Fsp3) is 0.0909. The van der Waals surface area contributed by atoms with Crippen molar-refractivity contribution in [3.05, 3.63) is 36.5 Å². The molecule has 1 amide bonds. The summed E-state index contributed by atoms with van der Waals surface area (Å²) in [5.74, 6) is 5.29. The van der Waals surface area contributed by atoms with Crippen molar-refractivity contribution < 1.29 is 4.79 Å². The maximum absolute atomic E-state index is 11.3. The molecular weight excluding hydrogens is 204 g/mol. The highest BCUT2D eigenvalue weighted by Gasteiger charge is 2.09. The number of carbonyl (C=O) groups excluding carboxylic acids is 1. The van der Waals surface area contributed by atoms with Crippen LogP contribution in [-0.4, -0.2) is 17.4 Å². The molecule has 0 saturated heterocycles. The second kappa shape index (κ2) is 4.26. The highest BCUT2D eigenvalue weighted by Crippen LogP contribution is 2.18. The van der Waals surface area contributed by atoms with Crippen molar-refractivity contribution >= 4 is 22.5 Å². The lowest BCUT2D eigenvalue weighted by Gasteiger charge is -2.15. The third-order valence-corrected chi connectivity index (χ3v) is 2.31. The number of nitrogens with zero attached hydrogens (tertiary/aromatic N) is 2. The largest absolute Gasteiger partial charge is 0.322 e. The monoisotopic (exact) mass is 216 g/mol. The van der Waals surface area contributed by atoms with Gasteiger partial charge in [0, 0.05) is 11.6 Å². The van der Waals surface area contributed by atoms with Crippen molar-refractivity contribution in [2.75, 3.05) is 11.6 Å². The molecule has 1 aromatic heterocycles. The molecule has 0 fully saturated rings. The molecule has 0 bridgehead atoms. The number of nitrogens with two attached hydrogens (primary N) is 2. The predicted molar refractivity (Wildman–Crippen MR) is 62.5 cm³/mol. The van der Waals surface area contributed by atoms with Gasteiger partial charge in [0.25, 0.3) is 5.91 Å². The standard InChI is InChI=1S/C11H12N4O/c12-7-11(16)15(13)9-3-4-10-8(6-9)2-1-5-14-10/h1-6H,7,12-13H2. The van der Waals surface area contributed by atoms with E-state index in [0.29, 0.717) is 5.69 Å². The normalized spacial score (nSPS) is 10.4. The smallest absolute Gasteiger partial charge is 0.254 e. The number of benzene rings is 1. The number of amides is 1. The van der Waals surface area contributed by atoms with Crippen LogP contribution in [0.15, 0.2) is 36.5 Å². The van der Waals surface area contributed by atoms with Crippen molar-refractivity contribution in [2.24, 2.45) is 11.6 Å². The molecule has 0 radical (unpaired) electrons. The van der Waals surface area contributed by atoms with Crippen molar-refractivity contribution in [1.29, 1.82) is 0 Å². The predicted octanol–water partition coefficient (Wildman–Crippen LogP) is 0.400. The van der Waals surface area contributed by atoms with Crippen LogP contribution in [-0.2, 0) is 4.79 Å². The Morgan fingerprint density at radius 3 is 2.94 bits per heavy atom. The number of anilines is 1. The number of fused-ring (bicyclic) bond motifs is 1.